The van der Waals surface area contributed by atoms with Crippen LogP contribution >= 0.6 is 22.9 Å². The molecule has 1 aliphatic rings. The van der Waals surface area contributed by atoms with Crippen molar-refractivity contribution >= 4 is 51.5 Å². The average molecular weight is 625 g/mol. The molecule has 2 aromatic carbocycles. The largest absolute Gasteiger partial charge is 0.507 e. The summed E-state index contributed by atoms with van der Waals surface area (Å²) < 4.78 is 17.1. The number of aryl methyl sites for hydroxylation is 1. The number of hydrogen-bond donors (Lipinski definition) is 1. The Hall–Kier alpha value is -4.15. The summed E-state index contributed by atoms with van der Waals surface area (Å²) in [5.41, 5.74) is 0.955. The molecule has 226 valence electrons. The minimum absolute atomic E-state index is 0.00288. The second-order valence-corrected chi connectivity index (χ2v) is 11.6. The Morgan fingerprint density at radius 1 is 1.16 bits per heavy atom. The Balaban J connectivity index is 1.87. The van der Waals surface area contributed by atoms with E-state index in [0.29, 0.717) is 52.5 Å². The number of aliphatic hydroxyl groups is 1. The van der Waals surface area contributed by atoms with E-state index in [9.17, 15) is 19.5 Å². The molecule has 0 radical (unpaired) electrons. The van der Waals surface area contributed by atoms with Gasteiger partial charge in [-0.3, -0.25) is 14.5 Å². The van der Waals surface area contributed by atoms with Crippen LogP contribution in [-0.4, -0.2) is 47.6 Å². The van der Waals surface area contributed by atoms with E-state index in [-0.39, 0.29) is 27.9 Å². The molecular weight excluding hydrogens is 592 g/mol. The van der Waals surface area contributed by atoms with Gasteiger partial charge in [0.2, 0.25) is 0 Å². The SMILES string of the molecule is C=CCOC(=O)c1sc(N2C(=O)C(=O)C(=C(O)c3ccc(Cl)cc3)C2c2ccc(OCCC(C)C)c(OCC)c2)nc1C. The van der Waals surface area contributed by atoms with Crippen LogP contribution in [0, 0.1) is 12.8 Å². The van der Waals surface area contributed by atoms with Crippen LogP contribution < -0.4 is 14.4 Å². The maximum Gasteiger partial charge on any atom is 0.350 e. The summed E-state index contributed by atoms with van der Waals surface area (Å²) in [7, 11) is 0. The first kappa shape index (κ1) is 31.8. The molecular formula is C32H33ClN2O7S. The second-order valence-electron chi connectivity index (χ2n) is 10.1. The number of hydrogen-bond acceptors (Lipinski definition) is 9. The lowest BCUT2D eigenvalue weighted by Gasteiger charge is -2.24. The monoisotopic (exact) mass is 624 g/mol. The minimum Gasteiger partial charge on any atom is -0.507 e. The second kappa shape index (κ2) is 13.9. The summed E-state index contributed by atoms with van der Waals surface area (Å²) >= 11 is 6.96. The number of Topliss-reactive ketones (excluding diaryl/α,β-unsaturated/α-hetero) is 1. The predicted octanol–water partition coefficient (Wildman–Crippen LogP) is 6.90. The van der Waals surface area contributed by atoms with Crippen molar-refractivity contribution in [3.8, 4) is 11.5 Å². The number of nitrogens with zero attached hydrogens (tertiary/aromatic N) is 2. The molecule has 2 heterocycles. The summed E-state index contributed by atoms with van der Waals surface area (Å²) in [5, 5.41) is 12.0. The summed E-state index contributed by atoms with van der Waals surface area (Å²) in [5.74, 6) is -1.44. The van der Waals surface area contributed by atoms with E-state index in [4.69, 9.17) is 25.8 Å². The van der Waals surface area contributed by atoms with Crippen LogP contribution in [0.4, 0.5) is 5.13 Å². The lowest BCUT2D eigenvalue weighted by atomic mass is 9.95. The topological polar surface area (TPSA) is 115 Å². The number of carbonyl (C=O) groups excluding carboxylic acids is 3. The number of amides is 1. The quantitative estimate of drug-likeness (QED) is 0.0761. The number of aromatic nitrogens is 1. The number of carbonyl (C=O) groups is 3. The zero-order chi connectivity index (χ0) is 31.3. The number of esters is 1. The Labute approximate surface area is 259 Å². The molecule has 1 aromatic heterocycles. The van der Waals surface area contributed by atoms with Gasteiger partial charge < -0.3 is 19.3 Å². The fraction of sp³-hybridized carbons (Fsp3) is 0.312. The van der Waals surface area contributed by atoms with E-state index in [1.807, 2.05) is 6.92 Å². The van der Waals surface area contributed by atoms with Gasteiger partial charge in [0.25, 0.3) is 5.78 Å². The maximum absolute atomic E-state index is 13.6. The highest BCUT2D eigenvalue weighted by atomic mass is 35.5. The van der Waals surface area contributed by atoms with Crippen LogP contribution in [0.2, 0.25) is 5.02 Å². The number of ether oxygens (including phenoxy) is 3. The molecule has 1 amide bonds. The average Bonchev–Trinajstić information content (AvgIpc) is 3.48. The molecule has 4 rings (SSSR count). The Kier molecular flexibility index (Phi) is 10.3. The van der Waals surface area contributed by atoms with Gasteiger partial charge in [-0.1, -0.05) is 55.5 Å². The van der Waals surface area contributed by atoms with Crippen LogP contribution in [0.5, 0.6) is 11.5 Å². The van der Waals surface area contributed by atoms with Gasteiger partial charge >= 0.3 is 11.9 Å². The third-order valence-corrected chi connectivity index (χ3v) is 8.00. The van der Waals surface area contributed by atoms with E-state index >= 15 is 0 Å². The van der Waals surface area contributed by atoms with Gasteiger partial charge in [-0.05, 0) is 68.1 Å². The van der Waals surface area contributed by atoms with Crippen molar-refractivity contribution < 1.29 is 33.7 Å². The number of ketones is 1. The third-order valence-electron chi connectivity index (χ3n) is 6.61. The highest BCUT2D eigenvalue weighted by molar-refractivity contribution is 7.17. The van der Waals surface area contributed by atoms with Gasteiger partial charge in [0.05, 0.1) is 30.5 Å². The molecule has 9 nitrogen and oxygen atoms in total. The van der Waals surface area contributed by atoms with E-state index in [0.717, 1.165) is 17.8 Å². The van der Waals surface area contributed by atoms with Crippen LogP contribution in [0.3, 0.4) is 0 Å². The van der Waals surface area contributed by atoms with Gasteiger partial charge in [-0.2, -0.15) is 0 Å². The van der Waals surface area contributed by atoms with Crippen molar-refractivity contribution in [2.45, 2.75) is 40.2 Å². The Bertz CT molecular complexity index is 1560. The number of rotatable bonds is 12. The lowest BCUT2D eigenvalue weighted by molar-refractivity contribution is -0.132. The molecule has 1 N–H and O–H groups in total. The molecule has 1 saturated heterocycles. The molecule has 0 bridgehead atoms. The molecule has 3 aromatic rings. The van der Waals surface area contributed by atoms with Crippen LogP contribution in [0.15, 0.2) is 60.7 Å². The third kappa shape index (κ3) is 6.92. The molecule has 43 heavy (non-hydrogen) atoms. The molecule has 1 fully saturated rings. The minimum atomic E-state index is -1.10. The van der Waals surface area contributed by atoms with Crippen molar-refractivity contribution in [3.63, 3.8) is 0 Å². The molecule has 1 atom stereocenters. The predicted molar refractivity (Wildman–Crippen MR) is 166 cm³/mol. The van der Waals surface area contributed by atoms with E-state index in [1.54, 1.807) is 49.4 Å². The first-order chi connectivity index (χ1) is 20.6. The fourth-order valence-electron chi connectivity index (χ4n) is 4.47. The van der Waals surface area contributed by atoms with Gasteiger partial charge in [0, 0.05) is 10.6 Å². The number of benzene rings is 2. The lowest BCUT2D eigenvalue weighted by Crippen LogP contribution is -2.29. The van der Waals surface area contributed by atoms with Crippen molar-refractivity contribution in [2.75, 3.05) is 24.7 Å². The molecule has 1 unspecified atom stereocenters. The number of thiazole rings is 1. The highest BCUT2D eigenvalue weighted by Gasteiger charge is 2.48. The van der Waals surface area contributed by atoms with Crippen molar-refractivity contribution in [2.24, 2.45) is 5.92 Å². The number of halogens is 1. The fourth-order valence-corrected chi connectivity index (χ4v) is 5.58. The van der Waals surface area contributed by atoms with Crippen molar-refractivity contribution in [1.82, 2.24) is 4.98 Å². The first-order valence-electron chi connectivity index (χ1n) is 13.8. The van der Waals surface area contributed by atoms with Crippen molar-refractivity contribution in [3.05, 3.63) is 87.4 Å². The highest BCUT2D eigenvalue weighted by Crippen LogP contribution is 2.45. The van der Waals surface area contributed by atoms with Gasteiger partial charge in [0.1, 0.15) is 17.2 Å². The normalized spacial score (nSPS) is 16.0. The molecule has 1 aliphatic heterocycles. The maximum atomic E-state index is 13.6. The Morgan fingerprint density at radius 2 is 1.88 bits per heavy atom. The number of anilines is 1. The molecule has 0 saturated carbocycles. The van der Waals surface area contributed by atoms with Crippen LogP contribution in [-0.2, 0) is 14.3 Å². The molecule has 0 aliphatic carbocycles. The smallest absolute Gasteiger partial charge is 0.350 e. The molecule has 0 spiro atoms. The summed E-state index contributed by atoms with van der Waals surface area (Å²) in [6.07, 6.45) is 2.28. The first-order valence-corrected chi connectivity index (χ1v) is 15.0. The number of aliphatic hydroxyl groups excluding tert-OH is 1. The van der Waals surface area contributed by atoms with Gasteiger partial charge in [-0.25, -0.2) is 9.78 Å². The van der Waals surface area contributed by atoms with E-state index in [1.165, 1.54) is 11.0 Å². The zero-order valence-corrected chi connectivity index (χ0v) is 26.0. The van der Waals surface area contributed by atoms with E-state index in [2.05, 4.69) is 25.4 Å². The summed E-state index contributed by atoms with van der Waals surface area (Å²) in [6.45, 7) is 12.0. The van der Waals surface area contributed by atoms with E-state index < -0.39 is 23.7 Å². The molecule has 11 heteroatoms. The van der Waals surface area contributed by atoms with Crippen LogP contribution in [0.25, 0.3) is 5.76 Å². The van der Waals surface area contributed by atoms with Gasteiger partial charge in [-0.15, -0.1) is 0 Å². The zero-order valence-electron chi connectivity index (χ0n) is 24.4. The summed E-state index contributed by atoms with van der Waals surface area (Å²) in [4.78, 5) is 45.7. The standard InChI is InChI=1S/C32H33ClN2O7S/c1-6-15-42-31(39)29-19(5)34-32(43-29)35-26(21-10-13-23(24(17-21)40-7-2)41-16-14-18(3)4)25(28(37)30(35)38)27(36)20-8-11-22(33)12-9-20/h6,8-13,17-18,26,36H,1,7,14-16H2,2-5H3. The van der Waals surface area contributed by atoms with Crippen molar-refractivity contribution in [1.29, 1.82) is 0 Å². The summed E-state index contributed by atoms with van der Waals surface area (Å²) in [6, 6.07) is 10.3. The van der Waals surface area contributed by atoms with Gasteiger partial charge in [0.15, 0.2) is 16.6 Å². The Morgan fingerprint density at radius 3 is 2.53 bits per heavy atom. The van der Waals surface area contributed by atoms with Crippen LogP contribution in [0.1, 0.15) is 59.7 Å².